The zero-order chi connectivity index (χ0) is 38.6. The average Bonchev–Trinajstić information content (AvgIpc) is 3.68. The third kappa shape index (κ3) is 5.61. The molecule has 8 aromatic rings. The summed E-state index contributed by atoms with van der Waals surface area (Å²) < 4.78 is 6.66. The van der Waals surface area contributed by atoms with Crippen LogP contribution in [0.5, 0.6) is 0 Å². The molecule has 0 fully saturated rings. The summed E-state index contributed by atoms with van der Waals surface area (Å²) in [6, 6.07) is 53.4. The second-order valence-corrected chi connectivity index (χ2v) is 15.5. The van der Waals surface area contributed by atoms with E-state index in [9.17, 15) is 0 Å². The fourth-order valence-electron chi connectivity index (χ4n) is 9.24. The molecule has 0 saturated heterocycles. The van der Waals surface area contributed by atoms with Gasteiger partial charge in [-0.05, 0) is 134 Å². The van der Waals surface area contributed by atoms with Gasteiger partial charge in [-0.3, -0.25) is 0 Å². The van der Waals surface area contributed by atoms with Crippen LogP contribution in [0.1, 0.15) is 57.1 Å². The highest BCUT2D eigenvalue weighted by molar-refractivity contribution is 6.17. The predicted molar refractivity (Wildman–Crippen MR) is 242 cm³/mol. The number of benzene rings is 6. The summed E-state index contributed by atoms with van der Waals surface area (Å²) in [4.78, 5) is 0. The molecular formula is C55H46O. The zero-order valence-corrected chi connectivity index (χ0v) is 33.1. The number of hydrogen-bond donors (Lipinski definition) is 0. The second kappa shape index (κ2) is 14.0. The molecular weight excluding hydrogens is 677 g/mol. The average molecular weight is 723 g/mol. The Morgan fingerprint density at radius 3 is 1.73 bits per heavy atom. The van der Waals surface area contributed by atoms with Crippen LogP contribution in [0.3, 0.4) is 0 Å². The molecule has 1 aliphatic rings. The third-order valence-corrected chi connectivity index (χ3v) is 11.9. The molecule has 7 aromatic carbocycles. The van der Waals surface area contributed by atoms with Crippen molar-refractivity contribution in [1.29, 1.82) is 0 Å². The maximum Gasteiger partial charge on any atom is 0.143 e. The van der Waals surface area contributed by atoms with Gasteiger partial charge in [0.2, 0.25) is 0 Å². The third-order valence-electron chi connectivity index (χ3n) is 11.9. The standard InChI is InChI=1S/C55H46O/c1-7-19-50-35(4)51-53-52(46-24-17-18-25-47(46)54(51)56-50)48-34-41(30-31-49(48)55(53,5)6)45-23-16-11-10-15-22-44(42(8-2)43(45)9-3)40-29-28-38-32-37(26-27-39(38)33-40)36-20-13-12-14-21-36/h7-34H,1-6H3/b15-10?,16-11?,19-7-,42-8+,43-9+,44-22?,45-23?. The van der Waals surface area contributed by atoms with Gasteiger partial charge in [0.15, 0.2) is 0 Å². The number of fused-ring (bicyclic) bond motifs is 9. The lowest BCUT2D eigenvalue weighted by Crippen LogP contribution is -2.27. The van der Waals surface area contributed by atoms with Crippen molar-refractivity contribution in [3.8, 4) is 44.5 Å². The van der Waals surface area contributed by atoms with Crippen LogP contribution >= 0.6 is 0 Å². The van der Waals surface area contributed by atoms with Crippen molar-refractivity contribution in [3.05, 3.63) is 185 Å². The van der Waals surface area contributed by atoms with Gasteiger partial charge in [-0.2, -0.15) is 0 Å². The lowest BCUT2D eigenvalue weighted by atomic mass is 9.79. The summed E-state index contributed by atoms with van der Waals surface area (Å²) in [7, 11) is 0. The van der Waals surface area contributed by atoms with Crippen LogP contribution in [-0.2, 0) is 5.41 Å². The first-order valence-electron chi connectivity index (χ1n) is 19.8. The molecule has 0 atom stereocenters. The molecule has 56 heavy (non-hydrogen) atoms. The molecule has 272 valence electrons. The number of rotatable bonds is 4. The molecule has 1 aromatic heterocycles. The lowest BCUT2D eigenvalue weighted by molar-refractivity contribution is 0.603. The van der Waals surface area contributed by atoms with Crippen LogP contribution in [0.4, 0.5) is 0 Å². The summed E-state index contributed by atoms with van der Waals surface area (Å²) in [5.74, 6) is 0.935. The van der Waals surface area contributed by atoms with Crippen LogP contribution in [0, 0.1) is 6.92 Å². The van der Waals surface area contributed by atoms with Crippen molar-refractivity contribution in [2.45, 2.75) is 47.0 Å². The molecule has 0 radical (unpaired) electrons. The Kier molecular flexibility index (Phi) is 8.82. The van der Waals surface area contributed by atoms with E-state index in [0.29, 0.717) is 0 Å². The summed E-state index contributed by atoms with van der Waals surface area (Å²) in [6.07, 6.45) is 8.72. The predicted octanol–water partition coefficient (Wildman–Crippen LogP) is 14.1. The Balaban J connectivity index is 1.27. The smallest absolute Gasteiger partial charge is 0.143 e. The minimum absolute atomic E-state index is 0.214. The van der Waals surface area contributed by atoms with Gasteiger partial charge in [-0.1, -0.05) is 159 Å². The SMILES string of the molecule is C/C=C\c1oc2c(c1C)c1c(c3ccccc32)-c2cc(-c3ccccccc(-c4ccc5cc(-c6ccccc6)ccc5c4)c(=C/C)/c3=C\C)ccc2C1(C)C. The van der Waals surface area contributed by atoms with Gasteiger partial charge in [0.25, 0.3) is 0 Å². The topological polar surface area (TPSA) is 13.1 Å². The van der Waals surface area contributed by atoms with Crippen molar-refractivity contribution in [2.24, 2.45) is 0 Å². The van der Waals surface area contributed by atoms with Gasteiger partial charge >= 0.3 is 0 Å². The molecule has 1 nitrogen and oxygen atoms in total. The maximum atomic E-state index is 6.66. The number of hydrogen-bond acceptors (Lipinski definition) is 1. The Bertz CT molecular complexity index is 3080. The van der Waals surface area contributed by atoms with E-state index in [1.807, 2.05) is 0 Å². The Hall–Kier alpha value is -6.44. The summed E-state index contributed by atoms with van der Waals surface area (Å²) in [5.41, 5.74) is 14.5. The van der Waals surface area contributed by atoms with E-state index >= 15 is 0 Å². The van der Waals surface area contributed by atoms with E-state index in [1.165, 1.54) is 93.2 Å². The molecule has 1 aliphatic carbocycles. The van der Waals surface area contributed by atoms with Gasteiger partial charge in [-0.15, -0.1) is 0 Å². The number of furan rings is 1. The first-order valence-corrected chi connectivity index (χ1v) is 19.8. The van der Waals surface area contributed by atoms with Crippen LogP contribution in [-0.4, -0.2) is 0 Å². The van der Waals surface area contributed by atoms with Gasteiger partial charge in [0, 0.05) is 21.8 Å². The zero-order valence-electron chi connectivity index (χ0n) is 33.1. The fraction of sp³-hybridized carbons (Fsp3) is 0.127. The minimum Gasteiger partial charge on any atom is -0.456 e. The van der Waals surface area contributed by atoms with Crippen LogP contribution in [0.2, 0.25) is 0 Å². The van der Waals surface area contributed by atoms with Crippen LogP contribution in [0.25, 0.3) is 95.2 Å². The van der Waals surface area contributed by atoms with Crippen LogP contribution < -0.4 is 10.4 Å². The van der Waals surface area contributed by atoms with E-state index in [2.05, 4.69) is 211 Å². The first kappa shape index (κ1) is 35.3. The molecule has 1 heteroatoms. The van der Waals surface area contributed by atoms with Crippen LogP contribution in [0.15, 0.2) is 156 Å². The van der Waals surface area contributed by atoms with E-state index in [4.69, 9.17) is 4.42 Å². The quantitative estimate of drug-likeness (QED) is 0.176. The lowest BCUT2D eigenvalue weighted by Gasteiger charge is -2.23. The van der Waals surface area contributed by atoms with Gasteiger partial charge in [0.05, 0.1) is 0 Å². The molecule has 0 bridgehead atoms. The molecule has 0 amide bonds. The normalized spacial score (nSPS) is 13.8. The number of allylic oxidation sites excluding steroid dienone is 1. The van der Waals surface area contributed by atoms with Crippen molar-refractivity contribution in [1.82, 2.24) is 0 Å². The summed E-state index contributed by atoms with van der Waals surface area (Å²) >= 11 is 0. The Morgan fingerprint density at radius 1 is 0.518 bits per heavy atom. The van der Waals surface area contributed by atoms with Gasteiger partial charge < -0.3 is 4.42 Å². The maximum absolute atomic E-state index is 6.66. The highest BCUT2D eigenvalue weighted by atomic mass is 16.3. The highest BCUT2D eigenvalue weighted by Gasteiger charge is 2.40. The Morgan fingerprint density at radius 2 is 1.07 bits per heavy atom. The van der Waals surface area contributed by atoms with E-state index in [-0.39, 0.29) is 5.41 Å². The summed E-state index contributed by atoms with van der Waals surface area (Å²) in [5, 5.41) is 8.52. The molecule has 0 aliphatic heterocycles. The molecule has 0 unspecified atom stereocenters. The van der Waals surface area contributed by atoms with E-state index in [0.717, 1.165) is 16.7 Å². The highest BCUT2D eigenvalue weighted by Crippen LogP contribution is 2.56. The monoisotopic (exact) mass is 722 g/mol. The molecule has 9 rings (SSSR count). The van der Waals surface area contributed by atoms with Gasteiger partial charge in [-0.25, -0.2) is 0 Å². The molecule has 0 saturated carbocycles. The molecule has 1 heterocycles. The van der Waals surface area contributed by atoms with E-state index in [1.54, 1.807) is 0 Å². The second-order valence-electron chi connectivity index (χ2n) is 15.5. The molecule has 0 spiro atoms. The largest absolute Gasteiger partial charge is 0.456 e. The fourth-order valence-corrected chi connectivity index (χ4v) is 9.24. The van der Waals surface area contributed by atoms with Crippen molar-refractivity contribution >= 4 is 50.7 Å². The first-order chi connectivity index (χ1) is 27.3. The van der Waals surface area contributed by atoms with Crippen molar-refractivity contribution < 1.29 is 4.42 Å². The van der Waals surface area contributed by atoms with Crippen molar-refractivity contribution in [3.63, 3.8) is 0 Å². The van der Waals surface area contributed by atoms with E-state index < -0.39 is 0 Å². The minimum atomic E-state index is -0.214. The Labute approximate surface area is 329 Å². The molecule has 0 N–H and O–H groups in total. The number of aryl methyl sites for hydroxylation is 1. The summed E-state index contributed by atoms with van der Waals surface area (Å²) in [6.45, 7) is 13.4. The van der Waals surface area contributed by atoms with Gasteiger partial charge in [0.1, 0.15) is 11.3 Å². The van der Waals surface area contributed by atoms with Crippen molar-refractivity contribution in [2.75, 3.05) is 0 Å².